The molecule has 21 heavy (non-hydrogen) atoms. The maximum Gasteiger partial charge on any atom is 0.335 e. The number of carboxylic acid groups (broad SMARTS) is 1. The van der Waals surface area contributed by atoms with Crippen molar-refractivity contribution in [3.63, 3.8) is 0 Å². The normalized spacial score (nSPS) is 9.38. The number of nitrogens with one attached hydrogen (secondary N) is 1. The van der Waals surface area contributed by atoms with Gasteiger partial charge in [0.05, 0.1) is 5.56 Å². The van der Waals surface area contributed by atoms with Crippen LogP contribution in [0.25, 0.3) is 0 Å². The highest BCUT2D eigenvalue weighted by molar-refractivity contribution is 6.04. The van der Waals surface area contributed by atoms with Crippen LogP contribution in [0.15, 0.2) is 48.5 Å². The molecule has 2 aromatic rings. The third-order valence-corrected chi connectivity index (χ3v) is 2.81. The molecule has 1 amide bonds. The lowest BCUT2D eigenvalue weighted by Crippen LogP contribution is -2.09. The highest BCUT2D eigenvalue weighted by Gasteiger charge is 2.07. The van der Waals surface area contributed by atoms with E-state index in [0.717, 1.165) is 5.56 Å². The van der Waals surface area contributed by atoms with Gasteiger partial charge in [0.1, 0.15) is 0 Å². The summed E-state index contributed by atoms with van der Waals surface area (Å²) in [5.74, 6) is 3.81. The lowest BCUT2D eigenvalue weighted by Gasteiger charge is -2.05. The van der Waals surface area contributed by atoms with Gasteiger partial charge in [-0.2, -0.15) is 0 Å². The van der Waals surface area contributed by atoms with Crippen molar-refractivity contribution in [2.45, 2.75) is 6.92 Å². The minimum absolute atomic E-state index is 0.211. The molecular weight excluding hydrogens is 266 g/mol. The number of carboxylic acids is 1. The minimum Gasteiger partial charge on any atom is -0.478 e. The summed E-state index contributed by atoms with van der Waals surface area (Å²) in [6, 6.07) is 13.8. The summed E-state index contributed by atoms with van der Waals surface area (Å²) in [5, 5.41) is 11.6. The molecule has 0 aliphatic rings. The number of carbonyl (C=O) groups is 2. The molecular formula is C17H13NO3. The smallest absolute Gasteiger partial charge is 0.335 e. The summed E-state index contributed by atoms with van der Waals surface area (Å²) in [6.45, 7) is 1.68. The molecule has 0 aliphatic carbocycles. The summed E-state index contributed by atoms with van der Waals surface area (Å²) >= 11 is 0. The Kier molecular flexibility index (Phi) is 4.37. The number of hydrogen-bond acceptors (Lipinski definition) is 2. The van der Waals surface area contributed by atoms with Crippen LogP contribution in [0.5, 0.6) is 0 Å². The maximum atomic E-state index is 11.7. The predicted molar refractivity (Wildman–Crippen MR) is 80.1 cm³/mol. The number of hydrogen-bond donors (Lipinski definition) is 2. The number of anilines is 1. The average molecular weight is 279 g/mol. The molecule has 0 aromatic heterocycles. The number of carbonyl (C=O) groups excluding carboxylic acids is 1. The fraction of sp³-hybridized carbons (Fsp3) is 0.0588. The minimum atomic E-state index is -0.991. The van der Waals surface area contributed by atoms with Crippen molar-refractivity contribution in [2.75, 3.05) is 5.32 Å². The molecule has 0 unspecified atom stereocenters. The summed E-state index contributed by atoms with van der Waals surface area (Å²) in [4.78, 5) is 22.6. The Morgan fingerprint density at radius 3 is 2.43 bits per heavy atom. The van der Waals surface area contributed by atoms with Gasteiger partial charge in [0.2, 0.25) is 0 Å². The topological polar surface area (TPSA) is 66.4 Å². The molecule has 2 aromatic carbocycles. The summed E-state index contributed by atoms with van der Waals surface area (Å²) in [7, 11) is 0. The van der Waals surface area contributed by atoms with Gasteiger partial charge in [-0.15, -0.1) is 0 Å². The van der Waals surface area contributed by atoms with Crippen molar-refractivity contribution in [3.8, 4) is 11.8 Å². The van der Waals surface area contributed by atoms with Gasteiger partial charge in [0.15, 0.2) is 0 Å². The third-order valence-electron chi connectivity index (χ3n) is 2.81. The molecule has 0 fully saturated rings. The van der Waals surface area contributed by atoms with Gasteiger partial charge in [-0.1, -0.05) is 24.1 Å². The molecule has 0 atom stereocenters. The zero-order valence-corrected chi connectivity index (χ0v) is 11.4. The molecule has 2 rings (SSSR count). The lowest BCUT2D eigenvalue weighted by atomic mass is 10.1. The van der Waals surface area contributed by atoms with Gasteiger partial charge in [0, 0.05) is 17.2 Å². The Hall–Kier alpha value is -3.06. The van der Waals surface area contributed by atoms with Crippen LogP contribution in [0.3, 0.4) is 0 Å². The van der Waals surface area contributed by atoms with E-state index in [2.05, 4.69) is 17.2 Å². The molecule has 0 aliphatic heterocycles. The molecule has 2 N–H and O–H groups in total. The van der Waals surface area contributed by atoms with Crippen LogP contribution in [0.4, 0.5) is 5.69 Å². The molecule has 104 valence electrons. The van der Waals surface area contributed by atoms with Crippen molar-refractivity contribution in [3.05, 3.63) is 65.2 Å². The Bertz CT molecular complexity index is 740. The fourth-order valence-electron chi connectivity index (χ4n) is 1.79. The quantitative estimate of drug-likeness (QED) is 0.831. The SMILES string of the molecule is Cc1cc(NC(=O)C#Cc2ccccc2)ccc1C(=O)O. The monoisotopic (exact) mass is 279 g/mol. The van der Waals surface area contributed by atoms with Crippen LogP contribution in [0.2, 0.25) is 0 Å². The van der Waals surface area contributed by atoms with Crippen molar-refractivity contribution in [2.24, 2.45) is 0 Å². The zero-order valence-electron chi connectivity index (χ0n) is 11.4. The van der Waals surface area contributed by atoms with Crippen molar-refractivity contribution >= 4 is 17.6 Å². The first-order valence-corrected chi connectivity index (χ1v) is 6.28. The van der Waals surface area contributed by atoms with E-state index in [0.29, 0.717) is 11.3 Å². The number of aryl methyl sites for hydroxylation is 1. The molecule has 0 heterocycles. The second kappa shape index (κ2) is 6.40. The number of aromatic carboxylic acids is 1. The van der Waals surface area contributed by atoms with E-state index in [1.165, 1.54) is 6.07 Å². The van der Waals surface area contributed by atoms with Crippen molar-refractivity contribution in [1.82, 2.24) is 0 Å². The number of rotatable bonds is 2. The van der Waals surface area contributed by atoms with Crippen LogP contribution in [-0.2, 0) is 4.79 Å². The van der Waals surface area contributed by atoms with Crippen LogP contribution in [-0.4, -0.2) is 17.0 Å². The summed E-state index contributed by atoms with van der Waals surface area (Å²) in [5.41, 5.74) is 2.06. The van der Waals surface area contributed by atoms with E-state index < -0.39 is 11.9 Å². The molecule has 0 radical (unpaired) electrons. The van der Waals surface area contributed by atoms with Crippen molar-refractivity contribution < 1.29 is 14.7 Å². The maximum absolute atomic E-state index is 11.7. The van der Waals surface area contributed by atoms with Gasteiger partial charge in [-0.05, 0) is 42.8 Å². The van der Waals surface area contributed by atoms with Gasteiger partial charge >= 0.3 is 11.9 Å². The highest BCUT2D eigenvalue weighted by atomic mass is 16.4. The molecule has 4 nitrogen and oxygen atoms in total. The molecule has 0 saturated carbocycles. The first-order valence-electron chi connectivity index (χ1n) is 6.28. The zero-order chi connectivity index (χ0) is 15.2. The van der Waals surface area contributed by atoms with E-state index in [9.17, 15) is 9.59 Å². The van der Waals surface area contributed by atoms with Crippen molar-refractivity contribution in [1.29, 1.82) is 0 Å². The Labute approximate surface area is 122 Å². The first kappa shape index (κ1) is 14.4. The van der Waals surface area contributed by atoms with Gasteiger partial charge < -0.3 is 10.4 Å². The Morgan fingerprint density at radius 1 is 1.10 bits per heavy atom. The number of benzene rings is 2. The van der Waals surface area contributed by atoms with Crippen LogP contribution < -0.4 is 5.32 Å². The van der Waals surface area contributed by atoms with E-state index in [-0.39, 0.29) is 5.56 Å². The van der Waals surface area contributed by atoms with Gasteiger partial charge in [-0.3, -0.25) is 4.79 Å². The van der Waals surface area contributed by atoms with Gasteiger partial charge in [0.25, 0.3) is 0 Å². The van der Waals surface area contributed by atoms with E-state index in [1.54, 1.807) is 19.1 Å². The summed E-state index contributed by atoms with van der Waals surface area (Å²) < 4.78 is 0. The van der Waals surface area contributed by atoms with Crippen LogP contribution in [0, 0.1) is 18.8 Å². The van der Waals surface area contributed by atoms with E-state index in [1.807, 2.05) is 30.3 Å². The molecule has 0 spiro atoms. The van der Waals surface area contributed by atoms with E-state index >= 15 is 0 Å². The molecule has 4 heteroatoms. The Balaban J connectivity index is 2.09. The Morgan fingerprint density at radius 2 is 1.81 bits per heavy atom. The second-order valence-corrected chi connectivity index (χ2v) is 4.41. The highest BCUT2D eigenvalue weighted by Crippen LogP contribution is 2.15. The fourth-order valence-corrected chi connectivity index (χ4v) is 1.79. The first-order chi connectivity index (χ1) is 10.1. The summed E-state index contributed by atoms with van der Waals surface area (Å²) in [6.07, 6.45) is 0. The molecule has 0 bridgehead atoms. The largest absolute Gasteiger partial charge is 0.478 e. The standard InChI is InChI=1S/C17H13NO3/c1-12-11-14(8-9-15(12)17(20)21)18-16(19)10-7-13-5-3-2-4-6-13/h2-6,8-9,11H,1H3,(H,18,19)(H,20,21). The van der Waals surface area contributed by atoms with Crippen LogP contribution >= 0.6 is 0 Å². The molecule has 0 saturated heterocycles. The third kappa shape index (κ3) is 3.95. The lowest BCUT2D eigenvalue weighted by molar-refractivity contribution is -0.111. The second-order valence-electron chi connectivity index (χ2n) is 4.41. The van der Waals surface area contributed by atoms with Gasteiger partial charge in [-0.25, -0.2) is 4.79 Å². The average Bonchev–Trinajstić information content (AvgIpc) is 2.46. The van der Waals surface area contributed by atoms with E-state index in [4.69, 9.17) is 5.11 Å². The predicted octanol–water partition coefficient (Wildman–Crippen LogP) is 2.68. The number of amides is 1. The van der Waals surface area contributed by atoms with Crippen LogP contribution in [0.1, 0.15) is 21.5 Å².